The molecule has 0 spiro atoms. The van der Waals surface area contributed by atoms with Crippen LogP contribution in [0.1, 0.15) is 48.5 Å². The minimum Gasteiger partial charge on any atom is -0.493 e. The number of hydrogen-bond donors (Lipinski definition) is 3. The van der Waals surface area contributed by atoms with Gasteiger partial charge in [-0.2, -0.15) is 4.98 Å². The van der Waals surface area contributed by atoms with Gasteiger partial charge in [0.05, 0.1) is 15.6 Å². The van der Waals surface area contributed by atoms with Crippen molar-refractivity contribution < 1.29 is 19.8 Å². The van der Waals surface area contributed by atoms with Gasteiger partial charge in [0.25, 0.3) is 11.5 Å². The Morgan fingerprint density at radius 1 is 1.17 bits per heavy atom. The Labute approximate surface area is 176 Å². The first kappa shape index (κ1) is 21.1. The number of nitrogens with one attached hydrogen (secondary N) is 1. The summed E-state index contributed by atoms with van der Waals surface area (Å²) in [4.78, 5) is 40.4. The van der Waals surface area contributed by atoms with E-state index in [9.17, 15) is 19.5 Å². The zero-order valence-corrected chi connectivity index (χ0v) is 16.8. The van der Waals surface area contributed by atoms with Crippen LogP contribution in [0, 0.1) is 0 Å². The van der Waals surface area contributed by atoms with E-state index < -0.39 is 35.4 Å². The van der Waals surface area contributed by atoms with Crippen molar-refractivity contribution in [2.24, 2.45) is 0 Å². The number of benzene rings is 1. The van der Waals surface area contributed by atoms with E-state index in [0.29, 0.717) is 12.8 Å². The molecule has 1 aromatic heterocycles. The number of carbonyl (C=O) groups excluding carboxylic acids is 1. The molecular weight excluding hydrogens is 421 g/mol. The van der Waals surface area contributed by atoms with Crippen LogP contribution >= 0.6 is 23.2 Å². The molecule has 1 heterocycles. The summed E-state index contributed by atoms with van der Waals surface area (Å²) in [5.41, 5.74) is -1.09. The van der Waals surface area contributed by atoms with Crippen LogP contribution in [0.3, 0.4) is 0 Å². The van der Waals surface area contributed by atoms with E-state index in [4.69, 9.17) is 28.3 Å². The average Bonchev–Trinajstić information content (AvgIpc) is 2.67. The molecule has 0 radical (unpaired) electrons. The largest absolute Gasteiger partial charge is 0.493 e. The van der Waals surface area contributed by atoms with Gasteiger partial charge >= 0.3 is 5.97 Å². The fourth-order valence-electron chi connectivity index (χ4n) is 3.53. The van der Waals surface area contributed by atoms with Crippen LogP contribution < -0.4 is 10.9 Å². The highest BCUT2D eigenvalue weighted by molar-refractivity contribution is 6.39. The Hall–Kier alpha value is -2.58. The number of amides is 1. The summed E-state index contributed by atoms with van der Waals surface area (Å²) in [7, 11) is 0. The van der Waals surface area contributed by atoms with Crippen LogP contribution in [-0.2, 0) is 4.79 Å². The second kappa shape index (κ2) is 8.84. The van der Waals surface area contributed by atoms with Crippen LogP contribution in [0.25, 0.3) is 11.4 Å². The predicted molar refractivity (Wildman–Crippen MR) is 108 cm³/mol. The number of rotatable bonds is 5. The zero-order chi connectivity index (χ0) is 21.1. The third kappa shape index (κ3) is 4.38. The summed E-state index contributed by atoms with van der Waals surface area (Å²) in [6.07, 6.45) is 4.21. The lowest BCUT2D eigenvalue weighted by atomic mass is 9.94. The number of aliphatic carboxylic acids is 1. The van der Waals surface area contributed by atoms with Crippen LogP contribution in [-0.4, -0.2) is 38.2 Å². The van der Waals surface area contributed by atoms with E-state index in [1.807, 2.05) is 0 Å². The maximum absolute atomic E-state index is 13.3. The van der Waals surface area contributed by atoms with Crippen molar-refractivity contribution in [2.75, 3.05) is 6.54 Å². The topological polar surface area (TPSA) is 122 Å². The number of carbonyl (C=O) groups is 2. The monoisotopic (exact) mass is 439 g/mol. The predicted octanol–water partition coefficient (Wildman–Crippen LogP) is 3.24. The summed E-state index contributed by atoms with van der Waals surface area (Å²) in [5, 5.41) is 21.7. The van der Waals surface area contributed by atoms with Gasteiger partial charge in [-0.15, -0.1) is 0 Å². The molecule has 1 aliphatic carbocycles. The number of nitrogens with zero attached hydrogens (tertiary/aromatic N) is 2. The van der Waals surface area contributed by atoms with Crippen LogP contribution in [0.5, 0.6) is 5.88 Å². The van der Waals surface area contributed by atoms with Crippen molar-refractivity contribution in [3.05, 3.63) is 44.2 Å². The fraction of sp³-hybridized carbons (Fsp3) is 0.368. The minimum absolute atomic E-state index is 0.0739. The Balaban J connectivity index is 2.22. The molecule has 1 aliphatic rings. The van der Waals surface area contributed by atoms with Gasteiger partial charge in [-0.05, 0) is 25.0 Å². The van der Waals surface area contributed by atoms with E-state index in [2.05, 4.69) is 10.3 Å². The smallest absolute Gasteiger partial charge is 0.322 e. The number of aromatic nitrogens is 2. The number of carboxylic acid groups (broad SMARTS) is 1. The molecule has 1 fully saturated rings. The first-order chi connectivity index (χ1) is 13.8. The van der Waals surface area contributed by atoms with E-state index in [1.165, 1.54) is 4.57 Å². The minimum atomic E-state index is -1.28. The van der Waals surface area contributed by atoms with Gasteiger partial charge in [0, 0.05) is 6.04 Å². The van der Waals surface area contributed by atoms with Crippen LogP contribution in [0.4, 0.5) is 0 Å². The molecule has 0 atom stereocenters. The van der Waals surface area contributed by atoms with Gasteiger partial charge in [0.15, 0.2) is 5.56 Å². The second-order valence-electron chi connectivity index (χ2n) is 6.77. The van der Waals surface area contributed by atoms with E-state index >= 15 is 0 Å². The second-order valence-corrected chi connectivity index (χ2v) is 7.59. The SMILES string of the molecule is O=C(O)CNC(=O)c1c(O)nc(-c2c(Cl)cccc2Cl)n(C2CCCCC2)c1=O. The van der Waals surface area contributed by atoms with Crippen LogP contribution in [0.2, 0.25) is 10.0 Å². The molecule has 0 unspecified atom stereocenters. The molecule has 1 aromatic carbocycles. The molecule has 3 rings (SSSR count). The normalized spacial score (nSPS) is 14.6. The molecule has 0 bridgehead atoms. The lowest BCUT2D eigenvalue weighted by Crippen LogP contribution is -2.38. The van der Waals surface area contributed by atoms with Crippen molar-refractivity contribution in [1.82, 2.24) is 14.9 Å². The third-order valence-electron chi connectivity index (χ3n) is 4.85. The summed E-state index contributed by atoms with van der Waals surface area (Å²) in [6, 6.07) is 4.57. The number of aromatic hydroxyl groups is 1. The first-order valence-corrected chi connectivity index (χ1v) is 9.86. The van der Waals surface area contributed by atoms with Crippen molar-refractivity contribution in [2.45, 2.75) is 38.1 Å². The lowest BCUT2D eigenvalue weighted by molar-refractivity contribution is -0.135. The molecule has 1 amide bonds. The van der Waals surface area contributed by atoms with Crippen molar-refractivity contribution in [1.29, 1.82) is 0 Å². The lowest BCUT2D eigenvalue weighted by Gasteiger charge is -2.27. The van der Waals surface area contributed by atoms with Crippen LogP contribution in [0.15, 0.2) is 23.0 Å². The van der Waals surface area contributed by atoms with E-state index in [1.54, 1.807) is 18.2 Å². The van der Waals surface area contributed by atoms with E-state index in [0.717, 1.165) is 19.3 Å². The molecular formula is C19H19Cl2N3O5. The first-order valence-electron chi connectivity index (χ1n) is 9.11. The van der Waals surface area contributed by atoms with Gasteiger partial charge in [0.1, 0.15) is 12.4 Å². The Bertz CT molecular complexity index is 995. The molecule has 8 nitrogen and oxygen atoms in total. The molecule has 2 aromatic rings. The Kier molecular flexibility index (Phi) is 6.44. The fourth-order valence-corrected chi connectivity index (χ4v) is 4.10. The third-order valence-corrected chi connectivity index (χ3v) is 5.48. The molecule has 154 valence electrons. The number of carboxylic acids is 1. The van der Waals surface area contributed by atoms with Gasteiger partial charge in [0.2, 0.25) is 5.88 Å². The Morgan fingerprint density at radius 3 is 2.38 bits per heavy atom. The maximum atomic E-state index is 13.3. The summed E-state index contributed by atoms with van der Waals surface area (Å²) < 4.78 is 1.35. The van der Waals surface area contributed by atoms with Crippen molar-refractivity contribution in [3.8, 4) is 17.3 Å². The van der Waals surface area contributed by atoms with Gasteiger partial charge in [-0.25, -0.2) is 0 Å². The molecule has 0 aliphatic heterocycles. The Morgan fingerprint density at radius 2 is 1.79 bits per heavy atom. The number of hydrogen-bond acceptors (Lipinski definition) is 5. The number of halogens is 2. The molecule has 10 heteroatoms. The maximum Gasteiger partial charge on any atom is 0.322 e. The zero-order valence-electron chi connectivity index (χ0n) is 15.3. The van der Waals surface area contributed by atoms with Gasteiger partial charge < -0.3 is 15.5 Å². The highest BCUT2D eigenvalue weighted by atomic mass is 35.5. The van der Waals surface area contributed by atoms with Crippen molar-refractivity contribution >= 4 is 35.1 Å². The molecule has 29 heavy (non-hydrogen) atoms. The highest BCUT2D eigenvalue weighted by Gasteiger charge is 2.29. The summed E-state index contributed by atoms with van der Waals surface area (Å²) in [6.45, 7) is -0.695. The molecule has 0 saturated heterocycles. The summed E-state index contributed by atoms with van der Waals surface area (Å²) in [5.74, 6) is -3.03. The van der Waals surface area contributed by atoms with Crippen molar-refractivity contribution in [3.63, 3.8) is 0 Å². The van der Waals surface area contributed by atoms with E-state index in [-0.39, 0.29) is 27.5 Å². The quantitative estimate of drug-likeness (QED) is 0.657. The highest BCUT2D eigenvalue weighted by Crippen LogP contribution is 2.37. The van der Waals surface area contributed by atoms with Gasteiger partial charge in [-0.1, -0.05) is 48.5 Å². The van der Waals surface area contributed by atoms with Gasteiger partial charge in [-0.3, -0.25) is 19.0 Å². The average molecular weight is 440 g/mol. The molecule has 1 saturated carbocycles. The summed E-state index contributed by atoms with van der Waals surface area (Å²) >= 11 is 12.6. The standard InChI is InChI=1S/C19H19Cl2N3O5/c20-11-7-4-8-12(21)14(11)16-23-18(28)15(17(27)22-9-13(25)26)19(29)24(16)10-5-2-1-3-6-10/h4,7-8,10,28H,1-3,5-6,9H2,(H,22,27)(H,25,26). The molecule has 3 N–H and O–H groups in total.